The van der Waals surface area contributed by atoms with E-state index >= 15 is 0 Å². The molecule has 0 atom stereocenters. The molecule has 3 rings (SSSR count). The van der Waals surface area contributed by atoms with Crippen LogP contribution in [0.15, 0.2) is 30.3 Å². The second-order valence-corrected chi connectivity index (χ2v) is 8.17. The van der Waals surface area contributed by atoms with Crippen molar-refractivity contribution in [1.82, 2.24) is 4.37 Å². The standard InChI is InChI=1S/C23H22F3NO2S/c1-13(2)21-17(23(30-27-21)16-7-6-14(3)9-18(16)24)12-29-22-19(25)10-15(5-4-8-28)11-20(22)26/h6-11,13H,4-5,12H2,1-3H3. The summed E-state index contributed by atoms with van der Waals surface area (Å²) < 4.78 is 53.4. The number of carbonyl (C=O) groups is 1. The number of hydrogen-bond acceptors (Lipinski definition) is 4. The predicted octanol–water partition coefficient (Wildman–Crippen LogP) is 6.37. The van der Waals surface area contributed by atoms with Crippen molar-refractivity contribution in [1.29, 1.82) is 0 Å². The second kappa shape index (κ2) is 9.43. The second-order valence-electron chi connectivity index (χ2n) is 7.40. The van der Waals surface area contributed by atoms with Gasteiger partial charge in [0, 0.05) is 17.5 Å². The molecule has 7 heteroatoms. The molecule has 1 aromatic heterocycles. The first kappa shape index (κ1) is 22.0. The van der Waals surface area contributed by atoms with Crippen LogP contribution in [0.2, 0.25) is 0 Å². The smallest absolute Gasteiger partial charge is 0.191 e. The van der Waals surface area contributed by atoms with Crippen LogP contribution in [0.5, 0.6) is 5.75 Å². The lowest BCUT2D eigenvalue weighted by Gasteiger charge is -2.13. The summed E-state index contributed by atoms with van der Waals surface area (Å²) in [6.07, 6.45) is 1.13. The lowest BCUT2D eigenvalue weighted by molar-refractivity contribution is -0.107. The summed E-state index contributed by atoms with van der Waals surface area (Å²) in [6, 6.07) is 7.24. The Kier molecular flexibility index (Phi) is 6.92. The maximum absolute atomic E-state index is 14.6. The molecule has 0 unspecified atom stereocenters. The average molecular weight is 433 g/mol. The SMILES string of the molecule is Cc1ccc(-c2snc(C(C)C)c2COc2c(F)cc(CCC=O)cc2F)c(F)c1. The van der Waals surface area contributed by atoms with E-state index in [0.29, 0.717) is 33.5 Å². The third-order valence-corrected chi connectivity index (χ3v) is 5.64. The quantitative estimate of drug-likeness (QED) is 0.388. The van der Waals surface area contributed by atoms with Gasteiger partial charge < -0.3 is 9.53 Å². The highest BCUT2D eigenvalue weighted by Crippen LogP contribution is 2.36. The molecular formula is C23H22F3NO2S. The molecule has 0 N–H and O–H groups in total. The average Bonchev–Trinajstić information content (AvgIpc) is 3.09. The molecule has 0 spiro atoms. The van der Waals surface area contributed by atoms with Crippen molar-refractivity contribution in [3.05, 3.63) is 70.2 Å². The Balaban J connectivity index is 1.93. The van der Waals surface area contributed by atoms with Gasteiger partial charge in [-0.1, -0.05) is 26.0 Å². The van der Waals surface area contributed by atoms with Crippen LogP contribution in [0, 0.1) is 24.4 Å². The van der Waals surface area contributed by atoms with Gasteiger partial charge in [-0.3, -0.25) is 0 Å². The van der Waals surface area contributed by atoms with E-state index in [4.69, 9.17) is 4.74 Å². The van der Waals surface area contributed by atoms with Gasteiger partial charge in [0.25, 0.3) is 0 Å². The summed E-state index contributed by atoms with van der Waals surface area (Å²) in [7, 11) is 0. The number of ether oxygens (including phenoxy) is 1. The number of rotatable bonds is 8. The van der Waals surface area contributed by atoms with Crippen molar-refractivity contribution < 1.29 is 22.7 Å². The van der Waals surface area contributed by atoms with Gasteiger partial charge in [-0.25, -0.2) is 13.2 Å². The van der Waals surface area contributed by atoms with Crippen LogP contribution in [-0.2, 0) is 17.8 Å². The number of aromatic nitrogens is 1. The Morgan fingerprint density at radius 3 is 2.40 bits per heavy atom. The van der Waals surface area contributed by atoms with E-state index < -0.39 is 17.4 Å². The minimum absolute atomic E-state index is 0.0301. The summed E-state index contributed by atoms with van der Waals surface area (Å²) in [4.78, 5) is 11.1. The minimum atomic E-state index is -0.840. The van der Waals surface area contributed by atoms with Gasteiger partial charge in [0.2, 0.25) is 0 Å². The number of nitrogens with zero attached hydrogens (tertiary/aromatic N) is 1. The normalized spacial score (nSPS) is 11.2. The lowest BCUT2D eigenvalue weighted by atomic mass is 10.0. The molecule has 2 aromatic carbocycles. The Morgan fingerprint density at radius 2 is 1.80 bits per heavy atom. The number of aryl methyl sites for hydroxylation is 2. The van der Waals surface area contributed by atoms with Crippen molar-refractivity contribution in [3.8, 4) is 16.2 Å². The molecule has 0 aliphatic rings. The van der Waals surface area contributed by atoms with Crippen LogP contribution in [-0.4, -0.2) is 10.7 Å². The van der Waals surface area contributed by atoms with Crippen LogP contribution in [0.25, 0.3) is 10.4 Å². The van der Waals surface area contributed by atoms with Crippen molar-refractivity contribution >= 4 is 17.8 Å². The van der Waals surface area contributed by atoms with E-state index in [1.165, 1.54) is 6.07 Å². The molecule has 0 fully saturated rings. The molecule has 0 aliphatic carbocycles. The van der Waals surface area contributed by atoms with E-state index in [-0.39, 0.29) is 31.2 Å². The van der Waals surface area contributed by atoms with Gasteiger partial charge in [-0.05, 0) is 60.1 Å². The van der Waals surface area contributed by atoms with E-state index in [1.807, 2.05) is 13.8 Å². The van der Waals surface area contributed by atoms with Crippen LogP contribution < -0.4 is 4.74 Å². The van der Waals surface area contributed by atoms with Gasteiger partial charge in [0.15, 0.2) is 17.4 Å². The van der Waals surface area contributed by atoms with E-state index in [0.717, 1.165) is 29.2 Å². The van der Waals surface area contributed by atoms with Crippen LogP contribution in [0.4, 0.5) is 13.2 Å². The van der Waals surface area contributed by atoms with Gasteiger partial charge in [0.05, 0.1) is 10.6 Å². The third kappa shape index (κ3) is 4.73. The highest BCUT2D eigenvalue weighted by atomic mass is 32.1. The van der Waals surface area contributed by atoms with Gasteiger partial charge in [0.1, 0.15) is 18.7 Å². The highest BCUT2D eigenvalue weighted by molar-refractivity contribution is 7.09. The Hall–Kier alpha value is -2.67. The Labute approximate surface area is 177 Å². The molecule has 30 heavy (non-hydrogen) atoms. The zero-order chi connectivity index (χ0) is 21.8. The summed E-state index contributed by atoms with van der Waals surface area (Å²) >= 11 is 1.14. The van der Waals surface area contributed by atoms with Gasteiger partial charge in [-0.15, -0.1) is 0 Å². The first-order valence-electron chi connectivity index (χ1n) is 9.61. The Morgan fingerprint density at radius 1 is 1.10 bits per heavy atom. The first-order valence-corrected chi connectivity index (χ1v) is 10.4. The highest BCUT2D eigenvalue weighted by Gasteiger charge is 2.22. The molecule has 0 saturated heterocycles. The molecule has 0 aliphatic heterocycles. The number of carbonyl (C=O) groups excluding carboxylic acids is 1. The monoisotopic (exact) mass is 433 g/mol. The fourth-order valence-electron chi connectivity index (χ4n) is 3.20. The minimum Gasteiger partial charge on any atom is -0.483 e. The van der Waals surface area contributed by atoms with E-state index in [1.54, 1.807) is 19.1 Å². The molecular weight excluding hydrogens is 411 g/mol. The molecule has 158 valence electrons. The van der Waals surface area contributed by atoms with E-state index in [2.05, 4.69) is 4.37 Å². The fourth-order valence-corrected chi connectivity index (χ4v) is 4.24. The number of aldehydes is 1. The third-order valence-electron chi connectivity index (χ3n) is 4.70. The summed E-state index contributed by atoms with van der Waals surface area (Å²) in [5, 5.41) is 0. The number of benzene rings is 2. The molecule has 0 radical (unpaired) electrons. The molecule has 0 bridgehead atoms. The van der Waals surface area contributed by atoms with Crippen LogP contribution in [0.1, 0.15) is 48.6 Å². The van der Waals surface area contributed by atoms with Crippen molar-refractivity contribution in [2.45, 2.75) is 46.1 Å². The largest absolute Gasteiger partial charge is 0.483 e. The zero-order valence-electron chi connectivity index (χ0n) is 17.0. The van der Waals surface area contributed by atoms with Gasteiger partial charge >= 0.3 is 0 Å². The topological polar surface area (TPSA) is 39.2 Å². The number of halogens is 3. The molecule has 0 saturated carbocycles. The molecule has 3 nitrogen and oxygen atoms in total. The van der Waals surface area contributed by atoms with Crippen molar-refractivity contribution in [3.63, 3.8) is 0 Å². The maximum Gasteiger partial charge on any atom is 0.191 e. The predicted molar refractivity (Wildman–Crippen MR) is 111 cm³/mol. The summed E-state index contributed by atoms with van der Waals surface area (Å²) in [6.45, 7) is 5.54. The van der Waals surface area contributed by atoms with Crippen molar-refractivity contribution in [2.24, 2.45) is 0 Å². The zero-order valence-corrected chi connectivity index (χ0v) is 17.8. The number of hydrogen-bond donors (Lipinski definition) is 0. The molecule has 0 amide bonds. The van der Waals surface area contributed by atoms with Crippen LogP contribution >= 0.6 is 11.5 Å². The Bertz CT molecular complexity index is 1040. The maximum atomic E-state index is 14.6. The first-order chi connectivity index (χ1) is 14.3. The summed E-state index contributed by atoms with van der Waals surface area (Å²) in [5.74, 6) is -2.53. The van der Waals surface area contributed by atoms with Crippen molar-refractivity contribution in [2.75, 3.05) is 0 Å². The molecule has 3 aromatic rings. The molecule has 1 heterocycles. The fraction of sp³-hybridized carbons (Fsp3) is 0.304. The van der Waals surface area contributed by atoms with Crippen LogP contribution in [0.3, 0.4) is 0 Å². The summed E-state index contributed by atoms with van der Waals surface area (Å²) in [5.41, 5.74) is 2.88. The lowest BCUT2D eigenvalue weighted by Crippen LogP contribution is -2.05. The van der Waals surface area contributed by atoms with E-state index in [9.17, 15) is 18.0 Å². The van der Waals surface area contributed by atoms with Gasteiger partial charge in [-0.2, -0.15) is 4.37 Å².